The highest BCUT2D eigenvalue weighted by atomic mass is 35.5. The quantitative estimate of drug-likeness (QED) is 0.269. The van der Waals surface area contributed by atoms with E-state index in [-0.39, 0.29) is 17.3 Å². The van der Waals surface area contributed by atoms with Gasteiger partial charge in [0.1, 0.15) is 12.6 Å². The Morgan fingerprint density at radius 2 is 1.65 bits per heavy atom. The second-order valence-electron chi connectivity index (χ2n) is 9.52. The van der Waals surface area contributed by atoms with Gasteiger partial charge in [0.2, 0.25) is 11.8 Å². The van der Waals surface area contributed by atoms with Crippen molar-refractivity contribution in [3.8, 4) is 0 Å². The minimum absolute atomic E-state index is 0.00108. The molecule has 0 saturated heterocycles. The number of sulfonamides is 1. The Balaban J connectivity index is 2.10. The number of hydrogen-bond acceptors (Lipinski definition) is 4. The van der Waals surface area contributed by atoms with Crippen LogP contribution in [0.15, 0.2) is 71.6 Å². The van der Waals surface area contributed by atoms with Gasteiger partial charge in [0, 0.05) is 23.1 Å². The predicted octanol–water partition coefficient (Wildman–Crippen LogP) is 6.14. The molecule has 214 valence electrons. The maximum absolute atomic E-state index is 14.1. The molecule has 0 radical (unpaired) electrons. The summed E-state index contributed by atoms with van der Waals surface area (Å²) >= 11 is 12.5. The maximum Gasteiger partial charge on any atom is 0.264 e. The van der Waals surface area contributed by atoms with Crippen molar-refractivity contribution in [2.24, 2.45) is 0 Å². The van der Waals surface area contributed by atoms with Gasteiger partial charge < -0.3 is 10.2 Å². The fourth-order valence-electron chi connectivity index (χ4n) is 4.36. The molecule has 0 aliphatic carbocycles. The Morgan fingerprint density at radius 1 is 0.950 bits per heavy atom. The first-order chi connectivity index (χ1) is 19.0. The number of rotatable bonds is 12. The zero-order valence-electron chi connectivity index (χ0n) is 23.2. The van der Waals surface area contributed by atoms with Crippen molar-refractivity contribution in [3.63, 3.8) is 0 Å². The van der Waals surface area contributed by atoms with Crippen LogP contribution < -0.4 is 9.62 Å². The second-order valence-corrected chi connectivity index (χ2v) is 12.2. The van der Waals surface area contributed by atoms with Crippen LogP contribution in [-0.4, -0.2) is 44.3 Å². The van der Waals surface area contributed by atoms with Gasteiger partial charge in [0.05, 0.1) is 10.6 Å². The maximum atomic E-state index is 14.1. The van der Waals surface area contributed by atoms with Crippen LogP contribution in [-0.2, 0) is 26.2 Å². The first-order valence-corrected chi connectivity index (χ1v) is 15.4. The van der Waals surface area contributed by atoms with Crippen molar-refractivity contribution in [2.75, 3.05) is 17.4 Å². The smallest absolute Gasteiger partial charge is 0.264 e. The number of carbonyl (C=O) groups excluding carboxylic acids is 2. The number of hydrogen-bond donors (Lipinski definition) is 1. The molecule has 3 aromatic rings. The van der Waals surface area contributed by atoms with E-state index in [4.69, 9.17) is 23.2 Å². The summed E-state index contributed by atoms with van der Waals surface area (Å²) in [6.07, 6.45) is 1.05. The first-order valence-electron chi connectivity index (χ1n) is 13.2. The number of anilines is 1. The molecule has 1 atom stereocenters. The third-order valence-corrected chi connectivity index (χ3v) is 9.11. The van der Waals surface area contributed by atoms with E-state index in [0.29, 0.717) is 34.3 Å². The molecule has 0 aromatic heterocycles. The van der Waals surface area contributed by atoms with Gasteiger partial charge in [0.15, 0.2) is 0 Å². The topological polar surface area (TPSA) is 86.8 Å². The molecule has 0 aliphatic rings. The van der Waals surface area contributed by atoms with Crippen molar-refractivity contribution >= 4 is 50.7 Å². The summed E-state index contributed by atoms with van der Waals surface area (Å²) < 4.78 is 29.0. The molecule has 0 heterocycles. The van der Waals surface area contributed by atoms with Crippen LogP contribution in [0.3, 0.4) is 0 Å². The summed E-state index contributed by atoms with van der Waals surface area (Å²) in [5, 5.41) is 3.65. The highest BCUT2D eigenvalue weighted by Gasteiger charge is 2.34. The van der Waals surface area contributed by atoms with Gasteiger partial charge >= 0.3 is 0 Å². The van der Waals surface area contributed by atoms with Crippen LogP contribution in [0.4, 0.5) is 5.69 Å². The van der Waals surface area contributed by atoms with Gasteiger partial charge in [-0.15, -0.1) is 0 Å². The summed E-state index contributed by atoms with van der Waals surface area (Å²) in [5.74, 6) is -0.850. The molecule has 0 saturated carbocycles. The molecule has 40 heavy (non-hydrogen) atoms. The third-order valence-electron chi connectivity index (χ3n) is 6.75. The van der Waals surface area contributed by atoms with Gasteiger partial charge in [-0.25, -0.2) is 8.42 Å². The number of halogens is 2. The normalized spacial score (nSPS) is 12.1. The zero-order valence-corrected chi connectivity index (χ0v) is 25.5. The Kier molecular flexibility index (Phi) is 11.0. The van der Waals surface area contributed by atoms with Gasteiger partial charge in [-0.3, -0.25) is 13.9 Å². The van der Waals surface area contributed by atoms with E-state index in [9.17, 15) is 18.0 Å². The molecule has 7 nitrogen and oxygen atoms in total. The molecule has 1 N–H and O–H groups in total. The van der Waals surface area contributed by atoms with E-state index in [1.165, 1.54) is 17.0 Å². The number of carbonyl (C=O) groups is 2. The molecule has 0 unspecified atom stereocenters. The van der Waals surface area contributed by atoms with Crippen LogP contribution in [0, 0.1) is 13.8 Å². The van der Waals surface area contributed by atoms with Crippen LogP contribution in [0.1, 0.15) is 43.4 Å². The average Bonchev–Trinajstić information content (AvgIpc) is 2.93. The predicted molar refractivity (Wildman–Crippen MR) is 161 cm³/mol. The molecule has 3 aromatic carbocycles. The standard InChI is InChI=1S/C30H35Cl2N3O4S/c1-5-17-33-30(37)27(6-2)34(19-23-15-16-24(31)18-26(23)32)29(36)20-35(28-14-10-11-21(3)22(28)4)40(38,39)25-12-8-7-9-13-25/h7-16,18,27H,5-6,17,19-20H2,1-4H3,(H,33,37)/t27-/m1/s1. The number of nitrogens with one attached hydrogen (secondary N) is 1. The monoisotopic (exact) mass is 603 g/mol. The van der Waals surface area contributed by atoms with E-state index in [1.807, 2.05) is 33.8 Å². The van der Waals surface area contributed by atoms with Crippen molar-refractivity contribution < 1.29 is 18.0 Å². The lowest BCUT2D eigenvalue weighted by Gasteiger charge is -2.34. The largest absolute Gasteiger partial charge is 0.354 e. The number of nitrogens with zero attached hydrogens (tertiary/aromatic N) is 2. The molecule has 2 amide bonds. The minimum atomic E-state index is -4.13. The molecule has 0 aliphatic heterocycles. The number of aryl methyl sites for hydroxylation is 1. The highest BCUT2D eigenvalue weighted by Crippen LogP contribution is 2.30. The second kappa shape index (κ2) is 14.0. The summed E-state index contributed by atoms with van der Waals surface area (Å²) in [7, 11) is -4.13. The summed E-state index contributed by atoms with van der Waals surface area (Å²) in [4.78, 5) is 28.8. The highest BCUT2D eigenvalue weighted by molar-refractivity contribution is 7.92. The van der Waals surface area contributed by atoms with Gasteiger partial charge in [0.25, 0.3) is 10.0 Å². The number of amides is 2. The minimum Gasteiger partial charge on any atom is -0.354 e. The zero-order chi connectivity index (χ0) is 29.4. The van der Waals surface area contributed by atoms with Crippen molar-refractivity contribution in [2.45, 2.75) is 58.0 Å². The lowest BCUT2D eigenvalue weighted by atomic mass is 10.1. The van der Waals surface area contributed by atoms with E-state index < -0.39 is 28.5 Å². The van der Waals surface area contributed by atoms with Gasteiger partial charge in [-0.05, 0) is 73.7 Å². The van der Waals surface area contributed by atoms with Gasteiger partial charge in [-0.1, -0.05) is 73.4 Å². The lowest BCUT2D eigenvalue weighted by Crippen LogP contribution is -2.52. The Bertz CT molecular complexity index is 1450. The Hall–Kier alpha value is -3.07. The van der Waals surface area contributed by atoms with E-state index >= 15 is 0 Å². The van der Waals surface area contributed by atoms with E-state index in [0.717, 1.165) is 21.9 Å². The van der Waals surface area contributed by atoms with Crippen LogP contribution >= 0.6 is 23.2 Å². The average molecular weight is 605 g/mol. The molecule has 0 bridgehead atoms. The molecular formula is C30H35Cl2N3O4S. The summed E-state index contributed by atoms with van der Waals surface area (Å²) in [6, 6.07) is 17.4. The molecule has 10 heteroatoms. The van der Waals surface area contributed by atoms with Crippen molar-refractivity contribution in [1.82, 2.24) is 10.2 Å². The summed E-state index contributed by atoms with van der Waals surface area (Å²) in [6.45, 7) is 7.39. The van der Waals surface area contributed by atoms with E-state index in [1.54, 1.807) is 48.5 Å². The fraction of sp³-hybridized carbons (Fsp3) is 0.333. The van der Waals surface area contributed by atoms with Crippen molar-refractivity contribution in [1.29, 1.82) is 0 Å². The van der Waals surface area contributed by atoms with E-state index in [2.05, 4.69) is 5.32 Å². The van der Waals surface area contributed by atoms with Crippen molar-refractivity contribution in [3.05, 3.63) is 93.5 Å². The molecular weight excluding hydrogens is 569 g/mol. The molecule has 0 spiro atoms. The van der Waals surface area contributed by atoms with Crippen LogP contribution in [0.5, 0.6) is 0 Å². The lowest BCUT2D eigenvalue weighted by molar-refractivity contribution is -0.140. The third kappa shape index (κ3) is 7.36. The molecule has 0 fully saturated rings. The summed E-state index contributed by atoms with van der Waals surface area (Å²) in [5.41, 5.74) is 2.60. The Morgan fingerprint density at radius 3 is 2.27 bits per heavy atom. The van der Waals surface area contributed by atoms with Crippen LogP contribution in [0.25, 0.3) is 0 Å². The Labute approximate surface area is 247 Å². The molecule has 3 rings (SSSR count). The fourth-order valence-corrected chi connectivity index (χ4v) is 6.32. The SMILES string of the molecule is CCCNC(=O)[C@@H](CC)N(Cc1ccc(Cl)cc1Cl)C(=O)CN(c1cccc(C)c1C)S(=O)(=O)c1ccccc1. The number of benzene rings is 3. The first kappa shape index (κ1) is 31.5. The van der Waals surface area contributed by atoms with Crippen LogP contribution in [0.2, 0.25) is 10.0 Å². The van der Waals surface area contributed by atoms with Gasteiger partial charge in [-0.2, -0.15) is 0 Å².